The highest BCUT2D eigenvalue weighted by Crippen LogP contribution is 2.28. The van der Waals surface area contributed by atoms with Gasteiger partial charge in [-0.2, -0.15) is 0 Å². The van der Waals surface area contributed by atoms with Gasteiger partial charge in [0, 0.05) is 31.2 Å². The molecule has 0 saturated heterocycles. The standard InChI is InChI=1S/C19H21N3O2/c1-13(2)10-21-18(23)15-9-16(12-20-11-15)19(24)22-8-7-14-5-3-4-6-17(14)22/h3-6,9,11-13H,7-8,10H2,1-2H3,(H,21,23). The Morgan fingerprint density at radius 1 is 1.21 bits per heavy atom. The Hall–Kier alpha value is -2.69. The monoisotopic (exact) mass is 323 g/mol. The Kier molecular flexibility index (Phi) is 4.60. The molecule has 0 bridgehead atoms. The predicted molar refractivity (Wildman–Crippen MR) is 93.2 cm³/mol. The molecule has 0 aliphatic carbocycles. The molecule has 0 fully saturated rings. The van der Waals surface area contributed by atoms with Gasteiger partial charge in [0.1, 0.15) is 0 Å². The third-order valence-corrected chi connectivity index (χ3v) is 4.05. The van der Waals surface area contributed by atoms with E-state index in [1.165, 1.54) is 18.0 Å². The number of carbonyl (C=O) groups excluding carboxylic acids is 2. The quantitative estimate of drug-likeness (QED) is 0.941. The molecule has 124 valence electrons. The number of fused-ring (bicyclic) bond motifs is 1. The van der Waals surface area contributed by atoms with Gasteiger partial charge in [0.15, 0.2) is 0 Å². The zero-order valence-corrected chi connectivity index (χ0v) is 14.0. The maximum Gasteiger partial charge on any atom is 0.259 e. The summed E-state index contributed by atoms with van der Waals surface area (Å²) in [5.74, 6) is 0.0476. The van der Waals surface area contributed by atoms with Gasteiger partial charge in [0.2, 0.25) is 0 Å². The number of anilines is 1. The van der Waals surface area contributed by atoms with Crippen molar-refractivity contribution in [3.63, 3.8) is 0 Å². The summed E-state index contributed by atoms with van der Waals surface area (Å²) in [4.78, 5) is 30.8. The van der Waals surface area contributed by atoms with Crippen LogP contribution in [-0.4, -0.2) is 29.9 Å². The first kappa shape index (κ1) is 16.2. The summed E-state index contributed by atoms with van der Waals surface area (Å²) in [5.41, 5.74) is 2.96. The second-order valence-corrected chi connectivity index (χ2v) is 6.40. The smallest absolute Gasteiger partial charge is 0.259 e. The summed E-state index contributed by atoms with van der Waals surface area (Å²) in [7, 11) is 0. The molecule has 3 rings (SSSR count). The zero-order chi connectivity index (χ0) is 17.1. The zero-order valence-electron chi connectivity index (χ0n) is 14.0. The number of amides is 2. The van der Waals surface area contributed by atoms with E-state index in [0.29, 0.717) is 30.1 Å². The highest BCUT2D eigenvalue weighted by molar-refractivity contribution is 6.08. The van der Waals surface area contributed by atoms with Crippen LogP contribution >= 0.6 is 0 Å². The largest absolute Gasteiger partial charge is 0.352 e. The van der Waals surface area contributed by atoms with Crippen LogP contribution in [0.1, 0.15) is 40.1 Å². The summed E-state index contributed by atoms with van der Waals surface area (Å²) in [6.07, 6.45) is 3.86. The van der Waals surface area contributed by atoms with E-state index >= 15 is 0 Å². The van der Waals surface area contributed by atoms with Crippen molar-refractivity contribution in [1.29, 1.82) is 0 Å². The number of nitrogens with one attached hydrogen (secondary N) is 1. The van der Waals surface area contributed by atoms with Gasteiger partial charge in [-0.3, -0.25) is 14.6 Å². The van der Waals surface area contributed by atoms with Crippen LogP contribution in [0.25, 0.3) is 0 Å². The highest BCUT2D eigenvalue weighted by atomic mass is 16.2. The molecular formula is C19H21N3O2. The van der Waals surface area contributed by atoms with Crippen LogP contribution in [0, 0.1) is 5.92 Å². The van der Waals surface area contributed by atoms with E-state index in [-0.39, 0.29) is 11.8 Å². The molecule has 0 radical (unpaired) electrons. The lowest BCUT2D eigenvalue weighted by atomic mass is 10.1. The molecule has 1 aliphatic rings. The molecule has 0 atom stereocenters. The molecule has 24 heavy (non-hydrogen) atoms. The summed E-state index contributed by atoms with van der Waals surface area (Å²) in [5, 5.41) is 2.85. The van der Waals surface area contributed by atoms with Gasteiger partial charge >= 0.3 is 0 Å². The first-order valence-corrected chi connectivity index (χ1v) is 8.19. The molecule has 0 saturated carbocycles. The van der Waals surface area contributed by atoms with E-state index in [1.54, 1.807) is 11.0 Å². The molecule has 1 aliphatic heterocycles. The van der Waals surface area contributed by atoms with E-state index in [0.717, 1.165) is 12.1 Å². The maximum absolute atomic E-state index is 12.8. The van der Waals surface area contributed by atoms with Crippen molar-refractivity contribution in [2.45, 2.75) is 20.3 Å². The van der Waals surface area contributed by atoms with E-state index < -0.39 is 0 Å². The highest BCUT2D eigenvalue weighted by Gasteiger charge is 2.25. The van der Waals surface area contributed by atoms with Crippen LogP contribution in [0.15, 0.2) is 42.7 Å². The fourth-order valence-electron chi connectivity index (χ4n) is 2.78. The van der Waals surface area contributed by atoms with Gasteiger partial charge in [0.05, 0.1) is 11.1 Å². The van der Waals surface area contributed by atoms with Gasteiger partial charge in [-0.25, -0.2) is 0 Å². The lowest BCUT2D eigenvalue weighted by molar-refractivity contribution is 0.0948. The molecule has 1 aromatic carbocycles. The topological polar surface area (TPSA) is 62.3 Å². The molecule has 1 N–H and O–H groups in total. The van der Waals surface area contributed by atoms with E-state index in [2.05, 4.69) is 10.3 Å². The molecule has 5 heteroatoms. The third-order valence-electron chi connectivity index (χ3n) is 4.05. The molecule has 2 amide bonds. The Balaban J connectivity index is 1.79. The van der Waals surface area contributed by atoms with Crippen molar-refractivity contribution in [3.05, 3.63) is 59.4 Å². The van der Waals surface area contributed by atoms with Gasteiger partial charge in [-0.15, -0.1) is 0 Å². The Morgan fingerprint density at radius 2 is 1.96 bits per heavy atom. The van der Waals surface area contributed by atoms with Crippen molar-refractivity contribution in [2.75, 3.05) is 18.0 Å². The molecule has 0 unspecified atom stereocenters. The molecule has 5 nitrogen and oxygen atoms in total. The summed E-state index contributed by atoms with van der Waals surface area (Å²) in [6, 6.07) is 9.52. The lowest BCUT2D eigenvalue weighted by Gasteiger charge is -2.17. The minimum atomic E-state index is -0.201. The summed E-state index contributed by atoms with van der Waals surface area (Å²) >= 11 is 0. The predicted octanol–water partition coefficient (Wildman–Crippen LogP) is 2.67. The number of rotatable bonds is 4. The molecule has 2 heterocycles. The van der Waals surface area contributed by atoms with Crippen molar-refractivity contribution in [2.24, 2.45) is 5.92 Å². The fraction of sp³-hybridized carbons (Fsp3) is 0.316. The minimum Gasteiger partial charge on any atom is -0.352 e. The first-order chi connectivity index (χ1) is 11.6. The number of para-hydroxylation sites is 1. The SMILES string of the molecule is CC(C)CNC(=O)c1cncc(C(=O)N2CCc3ccccc32)c1. The maximum atomic E-state index is 12.8. The molecule has 2 aromatic rings. The van der Waals surface area contributed by atoms with Crippen LogP contribution in [0.5, 0.6) is 0 Å². The van der Waals surface area contributed by atoms with E-state index in [1.807, 2.05) is 38.1 Å². The summed E-state index contributed by atoms with van der Waals surface area (Å²) in [6.45, 7) is 5.31. The average molecular weight is 323 g/mol. The normalized spacial score (nSPS) is 13.0. The van der Waals surface area contributed by atoms with Crippen LogP contribution in [-0.2, 0) is 6.42 Å². The Labute approximate surface area is 141 Å². The third kappa shape index (κ3) is 3.30. The number of hydrogen-bond donors (Lipinski definition) is 1. The number of hydrogen-bond acceptors (Lipinski definition) is 3. The fourth-order valence-corrected chi connectivity index (χ4v) is 2.78. The van der Waals surface area contributed by atoms with Crippen LogP contribution in [0.3, 0.4) is 0 Å². The van der Waals surface area contributed by atoms with Crippen molar-refractivity contribution in [1.82, 2.24) is 10.3 Å². The van der Waals surface area contributed by atoms with Gasteiger partial charge in [-0.1, -0.05) is 32.0 Å². The average Bonchev–Trinajstić information content (AvgIpc) is 3.03. The van der Waals surface area contributed by atoms with Crippen LogP contribution in [0.2, 0.25) is 0 Å². The number of nitrogens with zero attached hydrogens (tertiary/aromatic N) is 2. The van der Waals surface area contributed by atoms with Crippen molar-refractivity contribution in [3.8, 4) is 0 Å². The van der Waals surface area contributed by atoms with Gasteiger partial charge in [0.25, 0.3) is 11.8 Å². The van der Waals surface area contributed by atoms with E-state index in [9.17, 15) is 9.59 Å². The number of benzene rings is 1. The number of carbonyl (C=O) groups is 2. The second kappa shape index (κ2) is 6.83. The molecule has 0 spiro atoms. The van der Waals surface area contributed by atoms with Gasteiger partial charge < -0.3 is 10.2 Å². The summed E-state index contributed by atoms with van der Waals surface area (Å²) < 4.78 is 0. The van der Waals surface area contributed by atoms with Crippen LogP contribution in [0.4, 0.5) is 5.69 Å². The number of aromatic nitrogens is 1. The van der Waals surface area contributed by atoms with Crippen molar-refractivity contribution >= 4 is 17.5 Å². The van der Waals surface area contributed by atoms with Gasteiger partial charge in [-0.05, 0) is 30.0 Å². The minimum absolute atomic E-state index is 0.119. The number of pyridine rings is 1. The lowest BCUT2D eigenvalue weighted by Crippen LogP contribution is -2.30. The van der Waals surface area contributed by atoms with E-state index in [4.69, 9.17) is 0 Å². The molecule has 1 aromatic heterocycles. The Morgan fingerprint density at radius 3 is 2.75 bits per heavy atom. The second-order valence-electron chi connectivity index (χ2n) is 6.40. The Bertz CT molecular complexity index is 771. The van der Waals surface area contributed by atoms with Crippen LogP contribution < -0.4 is 10.2 Å². The van der Waals surface area contributed by atoms with Crippen molar-refractivity contribution < 1.29 is 9.59 Å². The first-order valence-electron chi connectivity index (χ1n) is 8.19. The molecular weight excluding hydrogens is 302 g/mol.